The number of hydrogen-bond acceptors (Lipinski definition) is 1. The molecule has 0 amide bonds. The van der Waals surface area contributed by atoms with Gasteiger partial charge in [0.2, 0.25) is 0 Å². The van der Waals surface area contributed by atoms with Crippen LogP contribution in [0.1, 0.15) is 22.3 Å². The summed E-state index contributed by atoms with van der Waals surface area (Å²) in [5.41, 5.74) is 17.0. The molecule has 1 aromatic heterocycles. The topological polar surface area (TPSA) is 8.17 Å². The Labute approximate surface area is 319 Å². The van der Waals surface area contributed by atoms with E-state index in [0.717, 1.165) is 17.1 Å². The molecule has 10 aromatic rings. The molecule has 256 valence electrons. The maximum atomic E-state index is 2.49. The largest absolute Gasteiger partial charge is 0.310 e. The van der Waals surface area contributed by atoms with Crippen LogP contribution in [0.15, 0.2) is 206 Å². The summed E-state index contributed by atoms with van der Waals surface area (Å²) in [5, 5.41) is 4.99. The molecule has 1 heterocycles. The molecule has 0 aliphatic heterocycles. The number of para-hydroxylation sites is 3. The fourth-order valence-electron chi connectivity index (χ4n) is 10.0. The van der Waals surface area contributed by atoms with Crippen molar-refractivity contribution in [1.82, 2.24) is 4.57 Å². The molecule has 1 spiro atoms. The molecule has 2 aliphatic rings. The van der Waals surface area contributed by atoms with Crippen LogP contribution in [0.5, 0.6) is 0 Å². The van der Waals surface area contributed by atoms with Gasteiger partial charge in [0.15, 0.2) is 0 Å². The summed E-state index contributed by atoms with van der Waals surface area (Å²) in [4.78, 5) is 2.44. The highest BCUT2D eigenvalue weighted by atomic mass is 15.1. The zero-order valence-corrected chi connectivity index (χ0v) is 30.0. The van der Waals surface area contributed by atoms with Crippen LogP contribution in [0.3, 0.4) is 0 Å². The molecule has 0 N–H and O–H groups in total. The average Bonchev–Trinajstić information content (AvgIpc) is 3.86. The third-order valence-corrected chi connectivity index (χ3v) is 12.2. The van der Waals surface area contributed by atoms with Crippen LogP contribution < -0.4 is 4.90 Å². The number of rotatable bonds is 4. The summed E-state index contributed by atoms with van der Waals surface area (Å²) in [6, 6.07) is 76.3. The van der Waals surface area contributed by atoms with Crippen LogP contribution in [0.25, 0.3) is 60.5 Å². The molecule has 0 unspecified atom stereocenters. The van der Waals surface area contributed by atoms with Crippen LogP contribution >= 0.6 is 0 Å². The first-order valence-electron chi connectivity index (χ1n) is 19.1. The molecule has 0 radical (unpaired) electrons. The molecule has 2 heteroatoms. The monoisotopic (exact) mass is 698 g/mol. The third kappa shape index (κ3) is 4.08. The lowest BCUT2D eigenvalue weighted by Gasteiger charge is -2.32. The summed E-state index contributed by atoms with van der Waals surface area (Å²) in [5.74, 6) is 0. The van der Waals surface area contributed by atoms with Gasteiger partial charge in [-0.05, 0) is 104 Å². The first-order chi connectivity index (χ1) is 27.3. The van der Waals surface area contributed by atoms with E-state index < -0.39 is 5.41 Å². The van der Waals surface area contributed by atoms with Crippen molar-refractivity contribution in [2.45, 2.75) is 5.41 Å². The first kappa shape index (κ1) is 30.3. The summed E-state index contributed by atoms with van der Waals surface area (Å²) in [7, 11) is 0. The van der Waals surface area contributed by atoms with Gasteiger partial charge in [-0.15, -0.1) is 0 Å². The van der Waals surface area contributed by atoms with Gasteiger partial charge in [-0.3, -0.25) is 0 Å². The molecule has 0 bridgehead atoms. The molecule has 2 aliphatic carbocycles. The van der Waals surface area contributed by atoms with Crippen molar-refractivity contribution in [2.75, 3.05) is 4.90 Å². The molecule has 2 nitrogen and oxygen atoms in total. The quantitative estimate of drug-likeness (QED) is 0.178. The Morgan fingerprint density at radius 2 is 0.873 bits per heavy atom. The van der Waals surface area contributed by atoms with Crippen LogP contribution in [0.2, 0.25) is 0 Å². The lowest BCUT2D eigenvalue weighted by molar-refractivity contribution is 0.792. The Hall–Kier alpha value is -7.16. The number of nitrogens with zero attached hydrogens (tertiary/aromatic N) is 2. The molecule has 12 rings (SSSR count). The number of aromatic nitrogens is 1. The fraction of sp³-hybridized carbons (Fsp3) is 0.0189. The van der Waals surface area contributed by atoms with Crippen molar-refractivity contribution in [3.63, 3.8) is 0 Å². The summed E-state index contributed by atoms with van der Waals surface area (Å²) in [6.07, 6.45) is 0. The van der Waals surface area contributed by atoms with Gasteiger partial charge in [-0.25, -0.2) is 0 Å². The highest BCUT2D eigenvalue weighted by Crippen LogP contribution is 2.63. The normalized spacial score (nSPS) is 13.2. The van der Waals surface area contributed by atoms with Gasteiger partial charge < -0.3 is 9.47 Å². The van der Waals surface area contributed by atoms with E-state index in [1.54, 1.807) is 0 Å². The minimum atomic E-state index is -0.510. The smallest absolute Gasteiger partial charge is 0.0727 e. The van der Waals surface area contributed by atoms with Crippen LogP contribution in [0, 0.1) is 0 Å². The standard InChI is InChI=1S/C53H34N2/c1-2-17-36(18-3-1)54(50-28-14-16-35-15-4-5-19-39(35)50)37-29-31-42-43-32-30-38(55-51-26-12-8-22-44(51)45-23-9-13-27-52(45)55)34-49(43)53(48(42)33-37)46-24-10-6-20-40(46)41-21-7-11-25-47(41)53/h1-34H. The van der Waals surface area contributed by atoms with E-state index >= 15 is 0 Å². The molecule has 0 atom stereocenters. The van der Waals surface area contributed by atoms with E-state index in [4.69, 9.17) is 0 Å². The highest BCUT2D eigenvalue weighted by Gasteiger charge is 2.52. The van der Waals surface area contributed by atoms with Crippen LogP contribution in [-0.4, -0.2) is 4.57 Å². The number of hydrogen-bond donors (Lipinski definition) is 0. The second-order valence-electron chi connectivity index (χ2n) is 14.8. The summed E-state index contributed by atoms with van der Waals surface area (Å²) < 4.78 is 2.46. The van der Waals surface area contributed by atoms with E-state index in [9.17, 15) is 0 Å². The van der Waals surface area contributed by atoms with Crippen molar-refractivity contribution >= 4 is 49.6 Å². The maximum absolute atomic E-state index is 2.49. The molecule has 0 saturated carbocycles. The van der Waals surface area contributed by atoms with Crippen molar-refractivity contribution in [3.05, 3.63) is 229 Å². The second-order valence-corrected chi connectivity index (χ2v) is 14.8. The highest BCUT2D eigenvalue weighted by molar-refractivity contribution is 6.09. The van der Waals surface area contributed by atoms with Gasteiger partial charge in [0.05, 0.1) is 22.1 Å². The minimum absolute atomic E-state index is 0.510. The second kappa shape index (κ2) is 11.4. The van der Waals surface area contributed by atoms with Gasteiger partial charge in [0.25, 0.3) is 0 Å². The minimum Gasteiger partial charge on any atom is -0.310 e. The SMILES string of the molecule is c1ccc(N(c2ccc3c(c2)C2(c4ccccc4-c4ccccc42)c2cc(-n4c5ccccc5c5ccccc54)ccc2-3)c2cccc3ccccc23)cc1. The molecular formula is C53H34N2. The van der Waals surface area contributed by atoms with Crippen molar-refractivity contribution in [2.24, 2.45) is 0 Å². The number of benzene rings is 9. The van der Waals surface area contributed by atoms with Gasteiger partial charge in [-0.1, -0.05) is 152 Å². The Morgan fingerprint density at radius 3 is 1.58 bits per heavy atom. The van der Waals surface area contributed by atoms with Crippen molar-refractivity contribution < 1.29 is 0 Å². The predicted octanol–water partition coefficient (Wildman–Crippen LogP) is 13.8. The third-order valence-electron chi connectivity index (χ3n) is 12.2. The first-order valence-corrected chi connectivity index (χ1v) is 19.1. The lowest BCUT2D eigenvalue weighted by atomic mass is 9.70. The molecule has 0 fully saturated rings. The Morgan fingerprint density at radius 1 is 0.345 bits per heavy atom. The van der Waals surface area contributed by atoms with E-state index in [0.29, 0.717) is 0 Å². The van der Waals surface area contributed by atoms with Gasteiger partial charge in [0, 0.05) is 33.2 Å². The molecular weight excluding hydrogens is 665 g/mol. The Kier molecular flexibility index (Phi) is 6.29. The van der Waals surface area contributed by atoms with E-state index in [1.165, 1.54) is 82.8 Å². The van der Waals surface area contributed by atoms with Crippen molar-refractivity contribution in [3.8, 4) is 27.9 Å². The van der Waals surface area contributed by atoms with Crippen molar-refractivity contribution in [1.29, 1.82) is 0 Å². The molecule has 55 heavy (non-hydrogen) atoms. The van der Waals surface area contributed by atoms with Gasteiger partial charge in [0.1, 0.15) is 0 Å². The summed E-state index contributed by atoms with van der Waals surface area (Å²) >= 11 is 0. The zero-order chi connectivity index (χ0) is 36.1. The summed E-state index contributed by atoms with van der Waals surface area (Å²) in [6.45, 7) is 0. The number of anilines is 3. The predicted molar refractivity (Wildman–Crippen MR) is 229 cm³/mol. The van der Waals surface area contributed by atoms with Gasteiger partial charge >= 0.3 is 0 Å². The van der Waals surface area contributed by atoms with E-state index in [2.05, 4.69) is 216 Å². The average molecular weight is 699 g/mol. The zero-order valence-electron chi connectivity index (χ0n) is 30.0. The Bertz CT molecular complexity index is 3060. The van der Waals surface area contributed by atoms with E-state index in [-0.39, 0.29) is 0 Å². The number of fused-ring (bicyclic) bond motifs is 14. The van der Waals surface area contributed by atoms with Crippen LogP contribution in [-0.2, 0) is 5.41 Å². The Balaban J connectivity index is 1.17. The lowest BCUT2D eigenvalue weighted by Crippen LogP contribution is -2.26. The molecule has 0 saturated heterocycles. The van der Waals surface area contributed by atoms with E-state index in [1.807, 2.05) is 0 Å². The maximum Gasteiger partial charge on any atom is 0.0727 e. The molecule has 9 aromatic carbocycles. The van der Waals surface area contributed by atoms with Gasteiger partial charge in [-0.2, -0.15) is 0 Å². The fourth-order valence-corrected chi connectivity index (χ4v) is 10.0. The van der Waals surface area contributed by atoms with Crippen LogP contribution in [0.4, 0.5) is 17.1 Å².